The molecule has 0 bridgehead atoms. The van der Waals surface area contributed by atoms with Gasteiger partial charge in [-0.2, -0.15) is 0 Å². The van der Waals surface area contributed by atoms with Crippen LogP contribution < -0.4 is 0 Å². The number of aromatic hydroxyl groups is 1. The van der Waals surface area contributed by atoms with Gasteiger partial charge in [-0.25, -0.2) is 0 Å². The van der Waals surface area contributed by atoms with Gasteiger partial charge in [-0.05, 0) is 61.8 Å². The summed E-state index contributed by atoms with van der Waals surface area (Å²) in [5.74, 6) is 0.252. The summed E-state index contributed by atoms with van der Waals surface area (Å²) in [5, 5.41) is 9.10. The summed E-state index contributed by atoms with van der Waals surface area (Å²) < 4.78 is 5.40. The van der Waals surface area contributed by atoms with Crippen molar-refractivity contribution in [2.75, 3.05) is 0 Å². The molecule has 0 fully saturated rings. The van der Waals surface area contributed by atoms with Crippen LogP contribution in [0.3, 0.4) is 0 Å². The zero-order valence-corrected chi connectivity index (χ0v) is 19.3. The predicted molar refractivity (Wildman–Crippen MR) is 121 cm³/mol. The summed E-state index contributed by atoms with van der Waals surface area (Å²) >= 11 is 0. The maximum atomic E-state index is 12.0. The third-order valence-electron chi connectivity index (χ3n) is 5.39. The summed E-state index contributed by atoms with van der Waals surface area (Å²) in [7, 11) is 0. The van der Waals surface area contributed by atoms with Crippen molar-refractivity contribution in [3.63, 3.8) is 0 Å². The molecule has 0 amide bonds. The van der Waals surface area contributed by atoms with Crippen molar-refractivity contribution in [3.05, 3.63) is 65.7 Å². The van der Waals surface area contributed by atoms with E-state index in [0.717, 1.165) is 6.42 Å². The number of hydrogen-bond acceptors (Lipinski definition) is 3. The van der Waals surface area contributed by atoms with E-state index in [-0.39, 0.29) is 23.2 Å². The second-order valence-corrected chi connectivity index (χ2v) is 9.31. The number of hydrogen-bond donors (Lipinski definition) is 1. The summed E-state index contributed by atoms with van der Waals surface area (Å²) in [4.78, 5) is 12.0. The number of phenols is 1. The molecule has 2 rings (SSSR count). The molecule has 0 spiro atoms. The topological polar surface area (TPSA) is 46.5 Å². The molecule has 0 aliphatic carbocycles. The summed E-state index contributed by atoms with van der Waals surface area (Å²) in [5.41, 5.74) is 2.25. The highest BCUT2D eigenvalue weighted by atomic mass is 16.6. The summed E-state index contributed by atoms with van der Waals surface area (Å²) in [6, 6.07) is 17.5. The lowest BCUT2D eigenvalue weighted by atomic mass is 9.82. The van der Waals surface area contributed by atoms with Crippen LogP contribution in [-0.4, -0.2) is 16.7 Å². The molecule has 0 heterocycles. The largest absolute Gasteiger partial charge is 0.508 e. The number of carbonyl (C=O) groups is 1. The maximum absolute atomic E-state index is 12.0. The fourth-order valence-electron chi connectivity index (χ4n) is 2.76. The SMILES string of the molecule is CC(C(=O)OC(C)(C)C)C(C)c1ccccc1.CCC(C)(C)c1ccc(O)cc1. The van der Waals surface area contributed by atoms with Crippen LogP contribution in [0.15, 0.2) is 54.6 Å². The number of carbonyl (C=O) groups excluding carboxylic acids is 1. The first-order valence-electron chi connectivity index (χ1n) is 10.4. The van der Waals surface area contributed by atoms with Crippen molar-refractivity contribution >= 4 is 5.97 Å². The van der Waals surface area contributed by atoms with Gasteiger partial charge in [0, 0.05) is 0 Å². The molecule has 3 heteroatoms. The van der Waals surface area contributed by atoms with Crippen molar-refractivity contribution in [3.8, 4) is 5.75 Å². The third-order valence-corrected chi connectivity index (χ3v) is 5.39. The lowest BCUT2D eigenvalue weighted by molar-refractivity contribution is -0.160. The Kier molecular flexibility index (Phi) is 8.94. The lowest BCUT2D eigenvalue weighted by Gasteiger charge is -2.25. The first-order valence-corrected chi connectivity index (χ1v) is 10.4. The Morgan fingerprint density at radius 3 is 1.90 bits per heavy atom. The molecule has 0 radical (unpaired) electrons. The number of ether oxygens (including phenoxy) is 1. The Morgan fingerprint density at radius 2 is 1.45 bits per heavy atom. The van der Waals surface area contributed by atoms with E-state index < -0.39 is 5.60 Å². The molecule has 29 heavy (non-hydrogen) atoms. The minimum atomic E-state index is -0.415. The minimum Gasteiger partial charge on any atom is -0.508 e. The van der Waals surface area contributed by atoms with Gasteiger partial charge in [-0.1, -0.05) is 77.1 Å². The molecule has 2 unspecified atom stereocenters. The maximum Gasteiger partial charge on any atom is 0.309 e. The van der Waals surface area contributed by atoms with Crippen LogP contribution in [0.5, 0.6) is 5.75 Å². The van der Waals surface area contributed by atoms with Gasteiger partial charge in [-0.15, -0.1) is 0 Å². The lowest BCUT2D eigenvalue weighted by Crippen LogP contribution is -2.29. The van der Waals surface area contributed by atoms with Crippen LogP contribution in [0.2, 0.25) is 0 Å². The Morgan fingerprint density at radius 1 is 0.931 bits per heavy atom. The van der Waals surface area contributed by atoms with Crippen LogP contribution in [0, 0.1) is 5.92 Å². The zero-order chi connectivity index (χ0) is 22.2. The minimum absolute atomic E-state index is 0.128. The van der Waals surface area contributed by atoms with E-state index in [4.69, 9.17) is 9.84 Å². The molecular formula is C26H38O3. The van der Waals surface area contributed by atoms with Crippen LogP contribution in [-0.2, 0) is 14.9 Å². The van der Waals surface area contributed by atoms with Crippen molar-refractivity contribution in [2.24, 2.45) is 5.92 Å². The van der Waals surface area contributed by atoms with Gasteiger partial charge >= 0.3 is 5.97 Å². The standard InChI is InChI=1S/C15H22O2.C11H16O/c1-11(13-9-7-6-8-10-13)12(2)14(16)17-15(3,4)5;1-4-11(2,3)9-5-7-10(12)8-6-9/h6-12H,1-5H3;5-8,12H,4H2,1-3H3. The van der Waals surface area contributed by atoms with E-state index in [1.165, 1.54) is 11.1 Å². The van der Waals surface area contributed by atoms with Crippen LogP contribution in [0.25, 0.3) is 0 Å². The first-order chi connectivity index (χ1) is 13.4. The molecule has 3 nitrogen and oxygen atoms in total. The second-order valence-electron chi connectivity index (χ2n) is 9.31. The molecule has 2 aromatic rings. The predicted octanol–water partition coefficient (Wildman–Crippen LogP) is 6.85. The molecular weight excluding hydrogens is 360 g/mol. The van der Waals surface area contributed by atoms with Crippen LogP contribution in [0.4, 0.5) is 0 Å². The van der Waals surface area contributed by atoms with E-state index in [2.05, 4.69) is 27.7 Å². The quantitative estimate of drug-likeness (QED) is 0.560. The third kappa shape index (κ3) is 8.31. The summed E-state index contributed by atoms with van der Waals surface area (Å²) in [6.07, 6.45) is 1.11. The molecule has 0 aromatic heterocycles. The van der Waals surface area contributed by atoms with Crippen LogP contribution in [0.1, 0.15) is 78.9 Å². The Labute approximate surface area is 177 Å². The Balaban J connectivity index is 0.000000308. The van der Waals surface area contributed by atoms with E-state index in [1.54, 1.807) is 12.1 Å². The smallest absolute Gasteiger partial charge is 0.309 e. The van der Waals surface area contributed by atoms with Crippen molar-refractivity contribution < 1.29 is 14.6 Å². The van der Waals surface area contributed by atoms with Crippen molar-refractivity contribution in [2.45, 2.75) is 78.7 Å². The first kappa shape index (κ1) is 24.7. The van der Waals surface area contributed by atoms with Gasteiger partial charge in [0.05, 0.1) is 5.92 Å². The normalized spacial score (nSPS) is 13.7. The summed E-state index contributed by atoms with van der Waals surface area (Å²) in [6.45, 7) is 16.3. The highest BCUT2D eigenvalue weighted by molar-refractivity contribution is 5.73. The van der Waals surface area contributed by atoms with Crippen molar-refractivity contribution in [1.82, 2.24) is 0 Å². The van der Waals surface area contributed by atoms with E-state index in [0.29, 0.717) is 5.75 Å². The molecule has 2 atom stereocenters. The van der Waals surface area contributed by atoms with Gasteiger partial charge in [0.15, 0.2) is 0 Å². The molecule has 1 N–H and O–H groups in total. The van der Waals surface area contributed by atoms with Gasteiger partial charge in [0.1, 0.15) is 11.4 Å². The molecule has 2 aromatic carbocycles. The molecule has 0 saturated heterocycles. The van der Waals surface area contributed by atoms with Gasteiger partial charge in [0.2, 0.25) is 0 Å². The van der Waals surface area contributed by atoms with E-state index in [9.17, 15) is 4.79 Å². The fourth-order valence-corrected chi connectivity index (χ4v) is 2.76. The second kappa shape index (κ2) is 10.5. The average Bonchev–Trinajstić information content (AvgIpc) is 2.67. The molecule has 0 aliphatic heterocycles. The average molecular weight is 399 g/mol. The van der Waals surface area contributed by atoms with Crippen LogP contribution >= 0.6 is 0 Å². The number of esters is 1. The Hall–Kier alpha value is -2.29. The number of phenolic OH excluding ortho intramolecular Hbond substituents is 1. The number of benzene rings is 2. The Bertz CT molecular complexity index is 740. The van der Waals surface area contributed by atoms with Gasteiger partial charge < -0.3 is 9.84 Å². The van der Waals surface area contributed by atoms with E-state index >= 15 is 0 Å². The van der Waals surface area contributed by atoms with Gasteiger partial charge in [0.25, 0.3) is 0 Å². The highest BCUT2D eigenvalue weighted by Gasteiger charge is 2.26. The molecule has 0 aliphatic rings. The van der Waals surface area contributed by atoms with Crippen molar-refractivity contribution in [1.29, 1.82) is 0 Å². The molecule has 160 valence electrons. The van der Waals surface area contributed by atoms with E-state index in [1.807, 2.05) is 70.2 Å². The fraction of sp³-hybridized carbons (Fsp3) is 0.500. The monoisotopic (exact) mass is 398 g/mol. The number of rotatable bonds is 5. The zero-order valence-electron chi connectivity index (χ0n) is 19.3. The van der Waals surface area contributed by atoms with Gasteiger partial charge in [-0.3, -0.25) is 4.79 Å². The molecule has 0 saturated carbocycles. The highest BCUT2D eigenvalue weighted by Crippen LogP contribution is 2.28.